The Morgan fingerprint density at radius 2 is 1.55 bits per heavy atom. The fourth-order valence-corrected chi connectivity index (χ4v) is 6.96. The molecule has 2 aromatic rings. The van der Waals surface area contributed by atoms with Gasteiger partial charge in [-0.25, -0.2) is 14.4 Å². The Morgan fingerprint density at radius 1 is 0.941 bits per heavy atom. The third-order valence-electron chi connectivity index (χ3n) is 7.13. The summed E-state index contributed by atoms with van der Waals surface area (Å²) in [4.78, 5) is 28.3. The van der Waals surface area contributed by atoms with Crippen LogP contribution in [0.25, 0.3) is 0 Å². The van der Waals surface area contributed by atoms with Crippen LogP contribution in [0.2, 0.25) is 0 Å². The molecule has 1 aliphatic heterocycles. The molecule has 0 saturated carbocycles. The number of allylic oxidation sites excluding steroid dienone is 12. The number of thioether (sulfide) groups is 1. The van der Waals surface area contributed by atoms with E-state index in [0.717, 1.165) is 38.5 Å². The third-order valence-corrected chi connectivity index (χ3v) is 9.78. The van der Waals surface area contributed by atoms with E-state index in [1.807, 2.05) is 12.1 Å². The molecule has 1 saturated heterocycles. The first-order valence-electron chi connectivity index (χ1n) is 17.4. The Bertz CT molecular complexity index is 1590. The summed E-state index contributed by atoms with van der Waals surface area (Å²) in [6.07, 6.45) is 33.5. The van der Waals surface area contributed by atoms with Crippen LogP contribution in [0.5, 0.6) is 5.75 Å². The predicted molar refractivity (Wildman–Crippen MR) is 208 cm³/mol. The van der Waals surface area contributed by atoms with E-state index >= 15 is 0 Å². The second-order valence-corrected chi connectivity index (χ2v) is 14.2. The highest BCUT2D eigenvalue weighted by molar-refractivity contribution is 8.00. The molecule has 1 unspecified atom stereocenters. The van der Waals surface area contributed by atoms with Crippen LogP contribution in [0.3, 0.4) is 0 Å². The maximum Gasteiger partial charge on any atom is 0.458 e. The highest BCUT2D eigenvalue weighted by Crippen LogP contribution is 2.45. The van der Waals surface area contributed by atoms with Gasteiger partial charge >= 0.3 is 13.4 Å². The van der Waals surface area contributed by atoms with Crippen molar-refractivity contribution in [3.8, 4) is 5.75 Å². The van der Waals surface area contributed by atoms with E-state index in [9.17, 15) is 14.2 Å². The van der Waals surface area contributed by atoms with Crippen molar-refractivity contribution in [3.63, 3.8) is 0 Å². The van der Waals surface area contributed by atoms with E-state index in [1.54, 1.807) is 24.3 Å². The summed E-state index contributed by atoms with van der Waals surface area (Å²) >= 11 is 1.42. The zero-order valence-corrected chi connectivity index (χ0v) is 31.1. The highest BCUT2D eigenvalue weighted by Gasteiger charge is 2.33. The Morgan fingerprint density at radius 3 is 2.16 bits per heavy atom. The van der Waals surface area contributed by atoms with Crippen molar-refractivity contribution in [1.82, 2.24) is 20.0 Å². The van der Waals surface area contributed by atoms with E-state index in [-0.39, 0.29) is 31.4 Å². The summed E-state index contributed by atoms with van der Waals surface area (Å²) in [5.74, 6) is 0.866. The minimum Gasteiger partial charge on any atom is -0.413 e. The number of nitrogens with one attached hydrogen (secondary N) is 2. The number of rotatable bonds is 24. The van der Waals surface area contributed by atoms with Crippen LogP contribution >= 0.6 is 19.5 Å². The van der Waals surface area contributed by atoms with Gasteiger partial charge in [-0.2, -0.15) is 4.98 Å². The van der Waals surface area contributed by atoms with Gasteiger partial charge in [-0.1, -0.05) is 98.0 Å². The Labute approximate surface area is 306 Å². The van der Waals surface area contributed by atoms with Crippen molar-refractivity contribution in [2.24, 2.45) is 0 Å². The number of hydrogen-bond donors (Lipinski definition) is 3. The summed E-state index contributed by atoms with van der Waals surface area (Å²) in [7, 11) is -3.84. The second kappa shape index (κ2) is 25.1. The van der Waals surface area contributed by atoms with Crippen LogP contribution in [-0.4, -0.2) is 46.3 Å². The van der Waals surface area contributed by atoms with Crippen LogP contribution in [0.15, 0.2) is 120 Å². The molecule has 3 rings (SSSR count). The Kier molecular flexibility index (Phi) is 20.4. The van der Waals surface area contributed by atoms with E-state index in [0.29, 0.717) is 24.3 Å². The van der Waals surface area contributed by atoms with Gasteiger partial charge < -0.3 is 20.3 Å². The Balaban J connectivity index is 1.29. The molecule has 3 atom stereocenters. The molecule has 11 nitrogen and oxygen atoms in total. The minimum absolute atomic E-state index is 0.0618. The molecule has 1 aliphatic rings. The fourth-order valence-electron chi connectivity index (χ4n) is 4.54. The SMILES string of the molecule is CC/C=C\C/C=C\C/C=C\C/C=C\C/C=C\C/C=C\CCC(=O)NCCNP(=O)(OC[C@@H]1O[C@H](n2ccc(N)nc2=O)CS1)Oc1ccccc1. The summed E-state index contributed by atoms with van der Waals surface area (Å²) in [6.45, 7) is 2.47. The van der Waals surface area contributed by atoms with Gasteiger partial charge in [0.25, 0.3) is 0 Å². The number of amides is 1. The lowest BCUT2D eigenvalue weighted by molar-refractivity contribution is -0.120. The van der Waals surface area contributed by atoms with Gasteiger partial charge in [0, 0.05) is 31.5 Å². The van der Waals surface area contributed by atoms with Gasteiger partial charge in [-0.15, -0.1) is 11.8 Å². The number of nitrogens with zero attached hydrogens (tertiary/aromatic N) is 2. The molecule has 51 heavy (non-hydrogen) atoms. The first kappa shape index (κ1) is 41.5. The zero-order chi connectivity index (χ0) is 36.4. The molecule has 0 aliphatic carbocycles. The highest BCUT2D eigenvalue weighted by atomic mass is 32.2. The maximum absolute atomic E-state index is 13.7. The molecule has 4 N–H and O–H groups in total. The lowest BCUT2D eigenvalue weighted by Gasteiger charge is -2.22. The number of carbonyl (C=O) groups excluding carboxylic acids is 1. The standard InChI is InChI=1S/C38H52N5O6PS/c1-2-3-4-5-6-7-8-9-10-11-12-13-14-15-16-17-18-19-23-26-35(44)40-28-29-41-50(46,49-33-24-21-20-22-25-33)47-31-37-48-36(32-51-37)43-30-27-34(39)42-38(43)45/h3-4,6-7,9-10,12-13,15-16,18-22,24-25,27,30,36-37H,2,5,8,11,14,17,23,26,28-29,31-32H2,1H3,(H,40,44)(H,41,46)(H2,39,42,45)/b4-3-,7-6-,10-9-,13-12-,16-15-,19-18-/t36-,37+,50?/m0/s1. The first-order valence-corrected chi connectivity index (χ1v) is 20.0. The van der Waals surface area contributed by atoms with Gasteiger partial charge in [-0.05, 0) is 63.1 Å². The lowest BCUT2D eigenvalue weighted by Crippen LogP contribution is -2.32. The Hall–Kier alpha value is -3.93. The van der Waals surface area contributed by atoms with E-state index < -0.39 is 25.1 Å². The number of carbonyl (C=O) groups is 1. The molecule has 2 heterocycles. The second-order valence-electron chi connectivity index (χ2n) is 11.3. The number of anilines is 1. The molecule has 1 aromatic carbocycles. The van der Waals surface area contributed by atoms with E-state index in [2.05, 4.69) is 89.1 Å². The molecule has 276 valence electrons. The van der Waals surface area contributed by atoms with Crippen molar-refractivity contribution >= 4 is 31.2 Å². The van der Waals surface area contributed by atoms with Gasteiger partial charge in [-0.3, -0.25) is 13.9 Å². The molecule has 0 radical (unpaired) electrons. The van der Waals surface area contributed by atoms with Crippen molar-refractivity contribution < 1.29 is 23.1 Å². The number of ether oxygens (including phenoxy) is 1. The van der Waals surface area contributed by atoms with E-state index in [4.69, 9.17) is 19.5 Å². The molecule has 0 bridgehead atoms. The van der Waals surface area contributed by atoms with Gasteiger partial charge in [0.05, 0.1) is 6.61 Å². The lowest BCUT2D eigenvalue weighted by atomic mass is 10.2. The number of para-hydroxylation sites is 1. The number of aromatic nitrogens is 2. The van der Waals surface area contributed by atoms with Crippen LogP contribution in [-0.2, 0) is 18.6 Å². The van der Waals surface area contributed by atoms with Crippen molar-refractivity contribution in [1.29, 1.82) is 0 Å². The number of hydrogen-bond acceptors (Lipinski definition) is 9. The summed E-state index contributed by atoms with van der Waals surface area (Å²) in [5, 5.41) is 5.66. The number of benzene rings is 1. The smallest absolute Gasteiger partial charge is 0.413 e. The molecular weight excluding hydrogens is 685 g/mol. The van der Waals surface area contributed by atoms with Crippen LogP contribution in [0.1, 0.15) is 64.5 Å². The van der Waals surface area contributed by atoms with E-state index in [1.165, 1.54) is 28.6 Å². The largest absolute Gasteiger partial charge is 0.458 e. The van der Waals surface area contributed by atoms with Gasteiger partial charge in [0.1, 0.15) is 23.2 Å². The van der Waals surface area contributed by atoms with Crippen LogP contribution < -0.4 is 26.4 Å². The first-order chi connectivity index (χ1) is 24.9. The monoisotopic (exact) mass is 737 g/mol. The molecule has 1 fully saturated rings. The van der Waals surface area contributed by atoms with Crippen LogP contribution in [0, 0.1) is 0 Å². The average molecular weight is 738 g/mol. The zero-order valence-electron chi connectivity index (χ0n) is 29.4. The van der Waals surface area contributed by atoms with Gasteiger partial charge in [0.2, 0.25) is 5.91 Å². The van der Waals surface area contributed by atoms with Crippen molar-refractivity contribution in [2.75, 3.05) is 31.2 Å². The quantitative estimate of drug-likeness (QED) is 0.0554. The maximum atomic E-state index is 13.7. The molecule has 13 heteroatoms. The van der Waals surface area contributed by atoms with Crippen LogP contribution in [0.4, 0.5) is 5.82 Å². The average Bonchev–Trinajstić information content (AvgIpc) is 3.59. The minimum atomic E-state index is -3.84. The molecule has 1 amide bonds. The summed E-state index contributed by atoms with van der Waals surface area (Å²) < 4.78 is 32.4. The van der Waals surface area contributed by atoms with Crippen molar-refractivity contribution in [3.05, 3.63) is 126 Å². The summed E-state index contributed by atoms with van der Waals surface area (Å²) in [5.41, 5.74) is 4.57. The van der Waals surface area contributed by atoms with Gasteiger partial charge in [0.15, 0.2) is 0 Å². The molecule has 1 aromatic heterocycles. The number of nitrogens with two attached hydrogens (primary N) is 1. The van der Waals surface area contributed by atoms with Crippen molar-refractivity contribution in [2.45, 2.75) is 70.0 Å². The third kappa shape index (κ3) is 18.2. The summed E-state index contributed by atoms with van der Waals surface area (Å²) in [6, 6.07) is 10.2. The molecular formula is C38H52N5O6PS. The normalized spacial score (nSPS) is 17.9. The molecule has 0 spiro atoms. The predicted octanol–water partition coefficient (Wildman–Crippen LogP) is 7.80. The topological polar surface area (TPSA) is 147 Å². The fraction of sp³-hybridized carbons (Fsp3) is 0.395. The number of nitrogen functional groups attached to an aromatic ring is 1.